The molecule has 3 nitrogen and oxygen atoms in total. The van der Waals surface area contributed by atoms with Crippen LogP contribution in [0.15, 0.2) is 0 Å². The lowest BCUT2D eigenvalue weighted by atomic mass is 9.81. The number of amides is 1. The van der Waals surface area contributed by atoms with Crippen LogP contribution in [0.2, 0.25) is 0 Å². The molecule has 2 aliphatic carbocycles. The molecule has 1 N–H and O–H groups in total. The van der Waals surface area contributed by atoms with Gasteiger partial charge in [0.05, 0.1) is 5.41 Å². The smallest absolute Gasteiger partial charge is 0.228 e. The maximum atomic E-state index is 12.3. The third-order valence-electron chi connectivity index (χ3n) is 4.91. The lowest BCUT2D eigenvalue weighted by Crippen LogP contribution is -2.49. The number of rotatable bonds is 2. The number of aliphatic hydroxyl groups is 1. The van der Waals surface area contributed by atoms with Crippen LogP contribution in [0.1, 0.15) is 38.5 Å². The normalized spacial score (nSPS) is 43.1. The van der Waals surface area contributed by atoms with Gasteiger partial charge < -0.3 is 10.0 Å². The van der Waals surface area contributed by atoms with Gasteiger partial charge in [0.2, 0.25) is 5.91 Å². The number of carbonyl (C=O) groups excluding carboxylic acids is 1. The molecule has 0 atom stereocenters. The van der Waals surface area contributed by atoms with E-state index in [0.717, 1.165) is 45.2 Å². The molecule has 1 heterocycles. The molecule has 0 aromatic rings. The van der Waals surface area contributed by atoms with Crippen molar-refractivity contribution >= 4 is 5.91 Å². The van der Waals surface area contributed by atoms with E-state index in [-0.39, 0.29) is 17.4 Å². The standard InChI is InChI=1S/C12H19NO2/c14-9-11-2-4-12(8-11,5-3-11)10(15)13-6-1-7-13/h14H,1-9H2. The van der Waals surface area contributed by atoms with Gasteiger partial charge in [-0.2, -0.15) is 0 Å². The molecule has 0 aromatic heterocycles. The van der Waals surface area contributed by atoms with Crippen molar-refractivity contribution in [3.05, 3.63) is 0 Å². The van der Waals surface area contributed by atoms with Gasteiger partial charge in [-0.15, -0.1) is 0 Å². The highest BCUT2D eigenvalue weighted by molar-refractivity contribution is 5.84. The molecule has 84 valence electrons. The first-order valence-corrected chi connectivity index (χ1v) is 6.10. The molecule has 2 bridgehead atoms. The van der Waals surface area contributed by atoms with E-state index in [0.29, 0.717) is 5.91 Å². The van der Waals surface area contributed by atoms with E-state index in [1.54, 1.807) is 0 Å². The number of nitrogens with zero attached hydrogens (tertiary/aromatic N) is 1. The Morgan fingerprint density at radius 1 is 1.20 bits per heavy atom. The summed E-state index contributed by atoms with van der Waals surface area (Å²) in [6.07, 6.45) is 6.27. The van der Waals surface area contributed by atoms with Crippen molar-refractivity contribution in [2.75, 3.05) is 19.7 Å². The molecule has 0 radical (unpaired) electrons. The second-order valence-electron chi connectivity index (χ2n) is 5.76. The molecule has 0 unspecified atom stereocenters. The predicted molar refractivity (Wildman–Crippen MR) is 56.2 cm³/mol. The minimum atomic E-state index is -0.0663. The van der Waals surface area contributed by atoms with E-state index >= 15 is 0 Å². The zero-order valence-corrected chi connectivity index (χ0v) is 9.17. The van der Waals surface area contributed by atoms with Crippen molar-refractivity contribution in [1.82, 2.24) is 4.90 Å². The molecule has 2 saturated carbocycles. The van der Waals surface area contributed by atoms with Crippen molar-refractivity contribution < 1.29 is 9.90 Å². The van der Waals surface area contributed by atoms with Crippen molar-refractivity contribution in [3.63, 3.8) is 0 Å². The zero-order chi connectivity index (χ0) is 10.5. The summed E-state index contributed by atoms with van der Waals surface area (Å²) < 4.78 is 0. The second-order valence-corrected chi connectivity index (χ2v) is 5.76. The summed E-state index contributed by atoms with van der Waals surface area (Å²) in [5, 5.41) is 9.42. The summed E-state index contributed by atoms with van der Waals surface area (Å²) in [4.78, 5) is 14.3. The Bertz CT molecular complexity index is 288. The molecule has 1 saturated heterocycles. The van der Waals surface area contributed by atoms with Gasteiger partial charge in [0.15, 0.2) is 0 Å². The van der Waals surface area contributed by atoms with Crippen LogP contribution in [0, 0.1) is 10.8 Å². The number of aliphatic hydroxyl groups excluding tert-OH is 1. The van der Waals surface area contributed by atoms with Gasteiger partial charge in [0.1, 0.15) is 0 Å². The molecule has 15 heavy (non-hydrogen) atoms. The number of hydrogen-bond donors (Lipinski definition) is 1. The zero-order valence-electron chi connectivity index (χ0n) is 9.17. The average Bonchev–Trinajstić information content (AvgIpc) is 2.72. The Morgan fingerprint density at radius 3 is 2.27 bits per heavy atom. The first-order valence-electron chi connectivity index (χ1n) is 6.10. The minimum Gasteiger partial charge on any atom is -0.396 e. The molecular weight excluding hydrogens is 190 g/mol. The number of carbonyl (C=O) groups is 1. The van der Waals surface area contributed by atoms with Gasteiger partial charge in [0.25, 0.3) is 0 Å². The van der Waals surface area contributed by atoms with Crippen molar-refractivity contribution in [2.24, 2.45) is 10.8 Å². The molecule has 0 spiro atoms. The fraction of sp³-hybridized carbons (Fsp3) is 0.917. The summed E-state index contributed by atoms with van der Waals surface area (Å²) in [5.41, 5.74) is 0.0453. The molecule has 3 heteroatoms. The van der Waals surface area contributed by atoms with Crippen LogP contribution in [0.4, 0.5) is 0 Å². The van der Waals surface area contributed by atoms with E-state index in [1.807, 2.05) is 4.90 Å². The van der Waals surface area contributed by atoms with Crippen molar-refractivity contribution in [2.45, 2.75) is 38.5 Å². The van der Waals surface area contributed by atoms with Gasteiger partial charge >= 0.3 is 0 Å². The predicted octanol–water partition coefficient (Wildman–Crippen LogP) is 1.16. The third-order valence-corrected chi connectivity index (χ3v) is 4.91. The maximum absolute atomic E-state index is 12.3. The highest BCUT2D eigenvalue weighted by Crippen LogP contribution is 2.62. The number of likely N-dealkylation sites (tertiary alicyclic amines) is 1. The third kappa shape index (κ3) is 1.19. The van der Waals surface area contributed by atoms with Crippen LogP contribution in [0.25, 0.3) is 0 Å². The van der Waals surface area contributed by atoms with Crippen LogP contribution in [0.5, 0.6) is 0 Å². The highest BCUT2D eigenvalue weighted by Gasteiger charge is 2.58. The van der Waals surface area contributed by atoms with Crippen molar-refractivity contribution in [1.29, 1.82) is 0 Å². The van der Waals surface area contributed by atoms with Gasteiger partial charge in [-0.25, -0.2) is 0 Å². The molecule has 0 aromatic carbocycles. The topological polar surface area (TPSA) is 40.5 Å². The quantitative estimate of drug-likeness (QED) is 0.741. The Hall–Kier alpha value is -0.570. The number of hydrogen-bond acceptors (Lipinski definition) is 2. The van der Waals surface area contributed by atoms with Crippen molar-refractivity contribution in [3.8, 4) is 0 Å². The highest BCUT2D eigenvalue weighted by atomic mass is 16.3. The largest absolute Gasteiger partial charge is 0.396 e. The van der Waals surface area contributed by atoms with E-state index in [4.69, 9.17) is 0 Å². The monoisotopic (exact) mass is 209 g/mol. The summed E-state index contributed by atoms with van der Waals surface area (Å²) in [7, 11) is 0. The Morgan fingerprint density at radius 2 is 1.87 bits per heavy atom. The van der Waals surface area contributed by atoms with E-state index in [1.165, 1.54) is 6.42 Å². The van der Waals surface area contributed by atoms with Crippen LogP contribution >= 0.6 is 0 Å². The van der Waals surface area contributed by atoms with Crippen LogP contribution < -0.4 is 0 Å². The summed E-state index contributed by atoms with van der Waals surface area (Å²) >= 11 is 0. The molecule has 3 aliphatic rings. The van der Waals surface area contributed by atoms with Gasteiger partial charge in [0, 0.05) is 19.7 Å². The van der Waals surface area contributed by atoms with Gasteiger partial charge in [-0.05, 0) is 43.9 Å². The fourth-order valence-corrected chi connectivity index (χ4v) is 3.69. The molecule has 3 rings (SSSR count). The first-order chi connectivity index (χ1) is 7.20. The SMILES string of the molecule is O=C(N1CCC1)C12CCC(CO)(CC1)C2. The Labute approximate surface area is 90.5 Å². The summed E-state index contributed by atoms with van der Waals surface area (Å²) in [6.45, 7) is 2.21. The maximum Gasteiger partial charge on any atom is 0.228 e. The number of fused-ring (bicyclic) bond motifs is 2. The Balaban J connectivity index is 1.79. The van der Waals surface area contributed by atoms with E-state index < -0.39 is 0 Å². The fourth-order valence-electron chi connectivity index (χ4n) is 3.69. The first kappa shape index (κ1) is 9.64. The van der Waals surface area contributed by atoms with Crippen LogP contribution in [-0.4, -0.2) is 35.6 Å². The van der Waals surface area contributed by atoms with E-state index in [2.05, 4.69) is 0 Å². The molecule has 1 amide bonds. The van der Waals surface area contributed by atoms with Crippen LogP contribution in [-0.2, 0) is 4.79 Å². The molecule has 3 fully saturated rings. The summed E-state index contributed by atoms with van der Waals surface area (Å²) in [6, 6.07) is 0. The Kier molecular flexibility index (Phi) is 1.91. The minimum absolute atomic E-state index is 0.0663. The average molecular weight is 209 g/mol. The molecular formula is C12H19NO2. The van der Waals surface area contributed by atoms with Crippen LogP contribution in [0.3, 0.4) is 0 Å². The van der Waals surface area contributed by atoms with E-state index in [9.17, 15) is 9.90 Å². The lowest BCUT2D eigenvalue weighted by Gasteiger charge is -2.38. The van der Waals surface area contributed by atoms with Gasteiger partial charge in [-0.1, -0.05) is 0 Å². The lowest BCUT2D eigenvalue weighted by molar-refractivity contribution is -0.145. The molecule has 1 aliphatic heterocycles. The second kappa shape index (κ2) is 2.97. The van der Waals surface area contributed by atoms with Gasteiger partial charge in [-0.3, -0.25) is 4.79 Å². The summed E-state index contributed by atoms with van der Waals surface area (Å²) in [5.74, 6) is 0.390.